The fourth-order valence-electron chi connectivity index (χ4n) is 2.65. The van der Waals surface area contributed by atoms with E-state index < -0.39 is 29.1 Å². The van der Waals surface area contributed by atoms with E-state index in [0.29, 0.717) is 28.1 Å². The number of amides is 2. The molecule has 1 heterocycles. The summed E-state index contributed by atoms with van der Waals surface area (Å²) in [5.74, 6) is -1.15. The predicted molar refractivity (Wildman–Crippen MR) is 117 cm³/mol. The van der Waals surface area contributed by atoms with Crippen LogP contribution in [-0.4, -0.2) is 61.0 Å². The fourth-order valence-corrected chi connectivity index (χ4v) is 4.13. The fraction of sp³-hybridized carbons (Fsp3) is 0.400. The lowest BCUT2D eigenvalue weighted by atomic mass is 10.1. The van der Waals surface area contributed by atoms with Crippen molar-refractivity contribution in [1.82, 2.24) is 4.90 Å². The molecule has 0 unspecified atom stereocenters. The molecule has 1 aliphatic heterocycles. The number of thioether (sulfide) groups is 1. The summed E-state index contributed by atoms with van der Waals surface area (Å²) in [5, 5.41) is -0.562. The van der Waals surface area contributed by atoms with Crippen molar-refractivity contribution >= 4 is 56.9 Å². The van der Waals surface area contributed by atoms with Gasteiger partial charge in [-0.3, -0.25) is 14.5 Å². The summed E-state index contributed by atoms with van der Waals surface area (Å²) in [5.41, 5.74) is 0.551. The van der Waals surface area contributed by atoms with Gasteiger partial charge in [0.1, 0.15) is 6.04 Å². The van der Waals surface area contributed by atoms with Gasteiger partial charge in [0.25, 0.3) is 11.1 Å². The minimum absolute atomic E-state index is 0.148. The zero-order valence-corrected chi connectivity index (χ0v) is 19.8. The Hall–Kier alpha value is -2.53. The van der Waals surface area contributed by atoms with Crippen molar-refractivity contribution in [2.75, 3.05) is 26.9 Å². The maximum Gasteiger partial charge on any atom is 0.344 e. The van der Waals surface area contributed by atoms with Crippen LogP contribution in [0.1, 0.15) is 26.3 Å². The first kappa shape index (κ1) is 24.7. The van der Waals surface area contributed by atoms with Crippen LogP contribution in [0, 0.1) is 0 Å². The van der Waals surface area contributed by atoms with Crippen molar-refractivity contribution in [3.8, 4) is 11.5 Å². The lowest BCUT2D eigenvalue weighted by Gasteiger charge is -2.18. The number of ether oxygens (including phenoxy) is 4. The van der Waals surface area contributed by atoms with Gasteiger partial charge in [-0.25, -0.2) is 9.59 Å². The Bertz CT molecular complexity index is 917. The second-order valence-corrected chi connectivity index (χ2v) is 7.96. The molecule has 2 amide bonds. The number of imide groups is 1. The molecule has 1 atom stereocenters. The van der Waals surface area contributed by atoms with Crippen LogP contribution in [0.15, 0.2) is 21.5 Å². The molecule has 0 N–H and O–H groups in total. The summed E-state index contributed by atoms with van der Waals surface area (Å²) in [6.07, 6.45) is 1.51. The van der Waals surface area contributed by atoms with Crippen LogP contribution in [0.2, 0.25) is 0 Å². The monoisotopic (exact) mass is 515 g/mol. The van der Waals surface area contributed by atoms with E-state index in [-0.39, 0.29) is 18.1 Å². The van der Waals surface area contributed by atoms with Crippen LogP contribution in [0.3, 0.4) is 0 Å². The molecule has 0 bridgehead atoms. The van der Waals surface area contributed by atoms with Crippen molar-refractivity contribution in [1.29, 1.82) is 0 Å². The number of hydrogen-bond acceptors (Lipinski definition) is 9. The van der Waals surface area contributed by atoms with E-state index in [1.807, 2.05) is 0 Å². The van der Waals surface area contributed by atoms with Gasteiger partial charge < -0.3 is 18.9 Å². The van der Waals surface area contributed by atoms with Crippen molar-refractivity contribution < 1.29 is 38.1 Å². The third-order valence-electron chi connectivity index (χ3n) is 4.02. The summed E-state index contributed by atoms with van der Waals surface area (Å²) >= 11 is 4.10. The Kier molecular flexibility index (Phi) is 8.93. The molecule has 1 aliphatic rings. The quantitative estimate of drug-likeness (QED) is 0.361. The number of carbonyl (C=O) groups is 4. The van der Waals surface area contributed by atoms with Gasteiger partial charge in [-0.15, -0.1) is 0 Å². The molecular formula is C20H22BrNO8S. The number of carbonyl (C=O) groups excluding carboxylic acids is 4. The molecule has 0 aromatic heterocycles. The molecule has 0 aliphatic carbocycles. The molecule has 1 fully saturated rings. The zero-order valence-electron chi connectivity index (χ0n) is 17.4. The topological polar surface area (TPSA) is 108 Å². The van der Waals surface area contributed by atoms with E-state index in [9.17, 15) is 19.2 Å². The minimum Gasteiger partial charge on any atom is -0.490 e. The number of methoxy groups -OCH3 is 1. The summed E-state index contributed by atoms with van der Waals surface area (Å²) < 4.78 is 21.1. The average Bonchev–Trinajstić information content (AvgIpc) is 2.99. The normalized spacial score (nSPS) is 15.8. The van der Waals surface area contributed by atoms with Crippen molar-refractivity contribution in [2.24, 2.45) is 0 Å². The Balaban J connectivity index is 2.31. The molecule has 1 saturated heterocycles. The maximum absolute atomic E-state index is 12.7. The summed E-state index contributed by atoms with van der Waals surface area (Å²) in [4.78, 5) is 49.3. The first-order valence-electron chi connectivity index (χ1n) is 9.33. The average molecular weight is 516 g/mol. The molecule has 2 rings (SSSR count). The number of nitrogens with zero attached hydrogens (tertiary/aromatic N) is 1. The first-order chi connectivity index (χ1) is 14.7. The highest BCUT2D eigenvalue weighted by Gasteiger charge is 2.41. The number of benzene rings is 1. The van der Waals surface area contributed by atoms with Gasteiger partial charge in [-0.05, 0) is 72.2 Å². The van der Waals surface area contributed by atoms with Crippen LogP contribution in [-0.2, 0) is 23.9 Å². The highest BCUT2D eigenvalue weighted by molar-refractivity contribution is 9.10. The lowest BCUT2D eigenvalue weighted by Crippen LogP contribution is -2.42. The second kappa shape index (κ2) is 11.2. The molecule has 1 aromatic carbocycles. The van der Waals surface area contributed by atoms with Gasteiger partial charge in [0, 0.05) is 0 Å². The third kappa shape index (κ3) is 6.01. The van der Waals surface area contributed by atoms with E-state index in [1.165, 1.54) is 20.1 Å². The van der Waals surface area contributed by atoms with Crippen molar-refractivity contribution in [3.05, 3.63) is 27.1 Å². The molecule has 1 aromatic rings. The van der Waals surface area contributed by atoms with Gasteiger partial charge in [-0.2, -0.15) is 0 Å². The van der Waals surface area contributed by atoms with E-state index >= 15 is 0 Å². The van der Waals surface area contributed by atoms with Crippen molar-refractivity contribution in [2.45, 2.75) is 26.8 Å². The summed E-state index contributed by atoms with van der Waals surface area (Å²) in [6, 6.07) is 2.24. The van der Waals surface area contributed by atoms with Crippen LogP contribution in [0.5, 0.6) is 11.5 Å². The van der Waals surface area contributed by atoms with E-state index in [4.69, 9.17) is 14.2 Å². The van der Waals surface area contributed by atoms with Crippen LogP contribution < -0.4 is 9.47 Å². The Morgan fingerprint density at radius 3 is 2.52 bits per heavy atom. The first-order valence-corrected chi connectivity index (χ1v) is 10.9. The zero-order chi connectivity index (χ0) is 23.1. The molecule has 0 saturated carbocycles. The number of rotatable bonds is 9. The van der Waals surface area contributed by atoms with Gasteiger partial charge in [-0.1, -0.05) is 0 Å². The third-order valence-corrected chi connectivity index (χ3v) is 5.50. The second-order valence-electron chi connectivity index (χ2n) is 6.11. The Morgan fingerprint density at radius 2 is 1.90 bits per heavy atom. The Labute approximate surface area is 192 Å². The maximum atomic E-state index is 12.7. The van der Waals surface area contributed by atoms with E-state index in [0.717, 1.165) is 16.7 Å². The standard InChI is InChI=1S/C20H22BrNO8S/c1-5-28-14-8-12(7-13(21)17(14)30-10-16(23)29-6-2)9-15-18(24)22(20(26)31-15)11(3)19(25)27-4/h7-9,11H,5-6,10H2,1-4H3/b15-9+/t11-/m0/s1. The van der Waals surface area contributed by atoms with Crippen LogP contribution in [0.4, 0.5) is 4.79 Å². The van der Waals surface area contributed by atoms with E-state index in [2.05, 4.69) is 20.7 Å². The van der Waals surface area contributed by atoms with Crippen LogP contribution in [0.25, 0.3) is 6.08 Å². The molecule has 9 nitrogen and oxygen atoms in total. The molecule has 0 radical (unpaired) electrons. The SMILES string of the molecule is CCOC(=O)COc1c(Br)cc(/C=C2/SC(=O)N([C@@H](C)C(=O)OC)C2=O)cc1OCC. The van der Waals surface area contributed by atoms with Gasteiger partial charge in [0.15, 0.2) is 18.1 Å². The number of hydrogen-bond donors (Lipinski definition) is 0. The van der Waals surface area contributed by atoms with Gasteiger partial charge in [0.2, 0.25) is 0 Å². The summed E-state index contributed by atoms with van der Waals surface area (Å²) in [7, 11) is 1.19. The highest BCUT2D eigenvalue weighted by Crippen LogP contribution is 2.39. The van der Waals surface area contributed by atoms with Crippen LogP contribution >= 0.6 is 27.7 Å². The molecule has 31 heavy (non-hydrogen) atoms. The molecular weight excluding hydrogens is 494 g/mol. The highest BCUT2D eigenvalue weighted by atomic mass is 79.9. The van der Waals surface area contributed by atoms with E-state index in [1.54, 1.807) is 26.0 Å². The smallest absolute Gasteiger partial charge is 0.344 e. The largest absolute Gasteiger partial charge is 0.490 e. The van der Waals surface area contributed by atoms with Gasteiger partial charge in [0.05, 0.1) is 29.7 Å². The minimum atomic E-state index is -1.03. The van der Waals surface area contributed by atoms with Gasteiger partial charge >= 0.3 is 11.9 Å². The number of esters is 2. The number of halogens is 1. The molecule has 168 valence electrons. The Morgan fingerprint density at radius 1 is 1.19 bits per heavy atom. The molecule has 0 spiro atoms. The lowest BCUT2D eigenvalue weighted by molar-refractivity contribution is -0.148. The predicted octanol–water partition coefficient (Wildman–Crippen LogP) is 3.39. The summed E-state index contributed by atoms with van der Waals surface area (Å²) in [6.45, 7) is 5.18. The van der Waals surface area contributed by atoms with Crippen molar-refractivity contribution in [3.63, 3.8) is 0 Å². The molecule has 11 heteroatoms.